The van der Waals surface area contributed by atoms with Crippen LogP contribution in [-0.2, 0) is 82.6 Å². The molecule has 41 heteroatoms. The van der Waals surface area contributed by atoms with Crippen molar-refractivity contribution < 1.29 is 119 Å². The molecule has 0 aliphatic carbocycles. The molecule has 6 aliphatic rings. The number of carboxylic acid groups (broad SMARTS) is 1. The molecule has 6 aromatic rings. The molecule has 0 saturated carbocycles. The van der Waals surface area contributed by atoms with Crippen molar-refractivity contribution in [2.24, 2.45) is 20.0 Å². The van der Waals surface area contributed by atoms with Crippen molar-refractivity contribution in [1.82, 2.24) is 8.47 Å². The number of amidine groups is 4. The summed E-state index contributed by atoms with van der Waals surface area (Å²) in [6, 6.07) is 32.7. The van der Waals surface area contributed by atoms with Gasteiger partial charge in [0.2, 0.25) is 0 Å². The van der Waals surface area contributed by atoms with Crippen molar-refractivity contribution in [2.75, 3.05) is 134 Å². The van der Waals surface area contributed by atoms with Gasteiger partial charge in [-0.2, -0.15) is 0 Å². The van der Waals surface area contributed by atoms with Crippen LogP contribution in [0.2, 0.25) is 38.3 Å². The molecule has 0 radical (unpaired) electrons. The molecule has 0 amide bonds. The van der Waals surface area contributed by atoms with Crippen LogP contribution in [0, 0.1) is 0 Å². The summed E-state index contributed by atoms with van der Waals surface area (Å²) in [5.41, 5.74) is 3.96. The number of quaternary nitrogens is 2. The summed E-state index contributed by atoms with van der Waals surface area (Å²) in [7, 11) is -36.8. The topological polar surface area (TPSA) is 430 Å². The zero-order chi connectivity index (χ0) is 81.9. The van der Waals surface area contributed by atoms with Gasteiger partial charge in [-0.15, -0.1) is 0 Å². The first-order chi connectivity index (χ1) is 53.8. The van der Waals surface area contributed by atoms with Crippen LogP contribution in [-0.4, -0.2) is 284 Å². The van der Waals surface area contributed by atoms with Crippen LogP contribution in [0.5, 0.6) is 0 Å². The summed E-state index contributed by atoms with van der Waals surface area (Å²) in [6.45, 7) is 13.3. The van der Waals surface area contributed by atoms with Gasteiger partial charge in [0.05, 0.1) is 39.5 Å². The van der Waals surface area contributed by atoms with E-state index in [1.165, 1.54) is 0 Å². The number of ether oxygens (including phenoxy) is 4. The second-order valence-corrected chi connectivity index (χ2v) is 54.1. The molecular weight excluding hydrogens is 1630 g/mol. The average Bonchev–Trinajstić information content (AvgIpc) is 1.34. The standard InChI is InChI=1S/C73H104N10O23S5Si3/c1-112(2,55-23-39-82(34-13-18-50-107(86,87)88,35-14-19-51-108(89,90)91)36-15-20-52-109(92,93)94)105-114(106-113(3,4)56-24-40-83(37-16-21-53-110(95,96)97,38-17-22-54-111(98,99)100)41-43-102-45-47-104-49-48-103-46-44-101-42-33-65(84)85)78-66-57-25-5-6-26-58(57)67(78)75-69-61-29-9-10-30-62(61)71(80(69)114)77-73-64-32-12-11-31-63(64)72(81(73)114)76-70-60-28-8-7-27-59(60)68(74-66)79(70)114/h5-12,25-32H,13-24,33-56H2,1-4H3,(H4-2,84,85,86,87,88,89,90,91,92,93,94,95,96,97,98,99,100)/p+2. The molecule has 8 heterocycles. The number of carbonyl (C=O) groups is 1. The van der Waals surface area contributed by atoms with Gasteiger partial charge in [-0.25, -0.2) is 0 Å². The normalized spacial score (nSPS) is 17.1. The SMILES string of the molecule is C[Si](C)(CCC[N+](CCCCS(=O)(=O)O)(CCCCS(=O)(=O)O)CCCCS(=O)(=O)O)O[Si-2]123(O[Si](C)(C)CCC[N+](CCCCS(=O)(=O)O)(CCCCS(=O)(=O)O)CCOCCOCCOCCOCCC(=O)O)n4c5c6ccccc6c4N=C4c6ccccc6C(=[N+]41)N=c1c4ccccc4c(n12)=NC1=[N+]3C(=N5)c2ccccc21. The molecule has 0 bridgehead atoms. The molecule has 6 aliphatic heterocycles. The van der Waals surface area contributed by atoms with E-state index in [2.05, 4.69) is 43.1 Å². The van der Waals surface area contributed by atoms with Crippen LogP contribution in [0.1, 0.15) is 106 Å². The van der Waals surface area contributed by atoms with Crippen LogP contribution >= 0.6 is 0 Å². The fraction of sp³-hybridized carbons (Fsp3) is 0.548. The molecule has 0 saturated heterocycles. The second kappa shape index (κ2) is 33.8. The maximum atomic E-state index is 12.3. The third-order valence-electron chi connectivity index (χ3n) is 22.6. The fourth-order valence-corrected chi connectivity index (χ4v) is 43.2. The number of nitrogens with zero attached hydrogens (tertiary/aromatic N) is 10. The average molecular weight is 1740 g/mol. The predicted molar refractivity (Wildman–Crippen MR) is 436 cm³/mol. The third-order valence-corrected chi connectivity index (χ3v) is 43.3. The molecular formula is C73H106N10O23S5Si3+2. The number of unbranched alkanes of at least 4 members (excludes halogenated alkanes) is 5. The van der Waals surface area contributed by atoms with E-state index in [1.54, 1.807) is 0 Å². The number of benzene rings is 4. The van der Waals surface area contributed by atoms with E-state index in [0.717, 1.165) is 43.8 Å². The molecule has 33 nitrogen and oxygen atoms in total. The van der Waals surface area contributed by atoms with Gasteiger partial charge in [-0.1, -0.05) is 0 Å². The van der Waals surface area contributed by atoms with Crippen molar-refractivity contribution in [3.8, 4) is 0 Å². The summed E-state index contributed by atoms with van der Waals surface area (Å²) in [6.07, 6.45) is 2.75. The van der Waals surface area contributed by atoms with Gasteiger partial charge in [-0.05, 0) is 0 Å². The number of aliphatic carboxylic acids is 1. The number of aliphatic imine (C=N–C) groups is 2. The molecule has 0 fully saturated rings. The summed E-state index contributed by atoms with van der Waals surface area (Å²) in [5.74, 6) is -0.523. The number of hydrogen-bond donors (Lipinski definition) is 6. The Kier molecular flexibility index (Phi) is 25.7. The number of rotatable bonds is 52. The van der Waals surface area contributed by atoms with Gasteiger partial charge < -0.3 is 14.6 Å². The van der Waals surface area contributed by atoms with Gasteiger partial charge >= 0.3 is 612 Å². The molecule has 6 N–H and O–H groups in total. The van der Waals surface area contributed by atoms with Crippen LogP contribution in [0.25, 0.3) is 21.5 Å². The molecule has 2 aromatic heterocycles. The predicted octanol–water partition coefficient (Wildman–Crippen LogP) is 7.06. The minimum absolute atomic E-state index is 0.0684. The van der Waals surface area contributed by atoms with Crippen molar-refractivity contribution in [3.63, 3.8) is 0 Å². The zero-order valence-corrected chi connectivity index (χ0v) is 71.9. The number of carboxylic acids is 1. The first kappa shape index (κ1) is 86.9. The second-order valence-electron chi connectivity index (χ2n) is 31.9. The fourth-order valence-electron chi connectivity index (χ4n) is 18.1. The first-order valence-electron chi connectivity index (χ1n) is 38.9. The van der Waals surface area contributed by atoms with Crippen molar-refractivity contribution in [1.29, 1.82) is 0 Å². The van der Waals surface area contributed by atoms with Gasteiger partial charge in [0.15, 0.2) is 0 Å². The van der Waals surface area contributed by atoms with Crippen molar-refractivity contribution >= 4 is 137 Å². The molecule has 114 heavy (non-hydrogen) atoms. The molecule has 626 valence electrons. The molecule has 12 rings (SSSR count). The van der Waals surface area contributed by atoms with E-state index in [4.69, 9.17) is 44.0 Å². The third kappa shape index (κ3) is 18.1. The number of hydrogen-bond acceptors (Lipinski definition) is 21. The quantitative estimate of drug-likeness (QED) is 0.00962. The number of fused-ring (bicyclic) bond motifs is 12. The van der Waals surface area contributed by atoms with E-state index >= 15 is 0 Å². The summed E-state index contributed by atoms with van der Waals surface area (Å²) >= 11 is 0. The van der Waals surface area contributed by atoms with E-state index in [0.29, 0.717) is 160 Å². The summed E-state index contributed by atoms with van der Waals surface area (Å²) in [5, 5.41) is 11.9. The molecule has 0 unspecified atom stereocenters. The molecule has 4 aromatic carbocycles. The Hall–Kier alpha value is -6.41. The molecule has 0 atom stereocenters. The van der Waals surface area contributed by atoms with E-state index < -0.39 is 110 Å². The van der Waals surface area contributed by atoms with Crippen LogP contribution in [0.4, 0.5) is 11.6 Å². The van der Waals surface area contributed by atoms with Crippen molar-refractivity contribution in [3.05, 3.63) is 130 Å². The summed E-state index contributed by atoms with van der Waals surface area (Å²) in [4.78, 5) is 34.4. The van der Waals surface area contributed by atoms with Gasteiger partial charge in [0, 0.05) is 0 Å². The van der Waals surface area contributed by atoms with Gasteiger partial charge in [-0.3, -0.25) is 4.79 Å². The van der Waals surface area contributed by atoms with E-state index in [1.807, 2.05) is 97.1 Å². The van der Waals surface area contributed by atoms with E-state index in [9.17, 15) is 77.9 Å². The van der Waals surface area contributed by atoms with Crippen LogP contribution in [0.3, 0.4) is 0 Å². The Labute approximate surface area is 666 Å². The Morgan fingerprint density at radius 1 is 0.386 bits per heavy atom. The Balaban J connectivity index is 1.02. The first-order valence-corrected chi connectivity index (χ1v) is 55.8. The monoisotopic (exact) mass is 1730 g/mol. The van der Waals surface area contributed by atoms with Gasteiger partial charge in [0.1, 0.15) is 0 Å². The number of aromatic nitrogens is 2. The van der Waals surface area contributed by atoms with E-state index in [-0.39, 0.29) is 95.9 Å². The Bertz CT molecular complexity index is 5270. The van der Waals surface area contributed by atoms with Crippen LogP contribution < -0.4 is 11.0 Å². The molecule has 1 spiro atoms. The maximum absolute atomic E-state index is 12.3. The van der Waals surface area contributed by atoms with Crippen molar-refractivity contribution in [2.45, 2.75) is 122 Å². The Morgan fingerprint density at radius 2 is 0.684 bits per heavy atom. The zero-order valence-electron chi connectivity index (χ0n) is 64.8. The summed E-state index contributed by atoms with van der Waals surface area (Å²) < 4.78 is 224. The minimum atomic E-state index is -7.45. The Morgan fingerprint density at radius 3 is 1.03 bits per heavy atom. The van der Waals surface area contributed by atoms with Gasteiger partial charge in [0.25, 0.3) is 0 Å². The van der Waals surface area contributed by atoms with Crippen LogP contribution in [0.15, 0.2) is 117 Å².